The number of aromatic nitrogens is 1. The Kier molecular flexibility index (Phi) is 26.1. The first-order valence-corrected chi connectivity index (χ1v) is 29.0. The monoisotopic (exact) mass is 1310 g/mol. The smallest absolute Gasteiger partial charge is 0.490 e. The summed E-state index contributed by atoms with van der Waals surface area (Å²) in [5.41, 5.74) is 4.63. The summed E-state index contributed by atoms with van der Waals surface area (Å²) in [5, 5.41) is 33.0. The molecule has 1 aromatic heterocycles. The van der Waals surface area contributed by atoms with E-state index in [1.165, 1.54) is 24.0 Å². The molecule has 1 fully saturated rings. The first-order chi connectivity index (χ1) is 43.0. The molecule has 500 valence electrons. The molecule has 4 aromatic carbocycles. The van der Waals surface area contributed by atoms with Crippen molar-refractivity contribution in [1.29, 1.82) is 0 Å². The van der Waals surface area contributed by atoms with Crippen molar-refractivity contribution in [1.82, 2.24) is 41.8 Å². The number of aromatic amines is 1. The zero-order valence-corrected chi connectivity index (χ0v) is 50.5. The number of amides is 7. The molecule has 0 saturated carbocycles. The topological polar surface area (TPSA) is 321 Å². The van der Waals surface area contributed by atoms with Crippen LogP contribution in [0.4, 0.5) is 39.5 Å². The molecule has 0 radical (unpaired) electrons. The van der Waals surface area contributed by atoms with E-state index in [-0.39, 0.29) is 68.7 Å². The number of aliphatic carboxylic acids is 1. The van der Waals surface area contributed by atoms with E-state index in [9.17, 15) is 83.0 Å². The molecule has 0 spiro atoms. The van der Waals surface area contributed by atoms with Crippen LogP contribution in [-0.4, -0.2) is 135 Å². The number of hydrogen-bond donors (Lipinski definition) is 10. The van der Waals surface area contributed by atoms with Crippen LogP contribution in [0.2, 0.25) is 0 Å². The first-order valence-electron chi connectivity index (χ1n) is 29.0. The van der Waals surface area contributed by atoms with Crippen LogP contribution >= 0.6 is 0 Å². The number of rotatable bonds is 26. The largest absolute Gasteiger partial charge is 0.508 e. The number of carbonyl (C=O) groups is 9. The lowest BCUT2D eigenvalue weighted by atomic mass is 9.99. The number of esters is 1. The summed E-state index contributed by atoms with van der Waals surface area (Å²) in [6.07, 6.45) is -13.5. The molecule has 92 heavy (non-hydrogen) atoms. The normalized spacial score (nSPS) is 15.4. The van der Waals surface area contributed by atoms with Gasteiger partial charge >= 0.3 is 30.5 Å². The Labute approximate surface area is 522 Å². The van der Waals surface area contributed by atoms with Crippen LogP contribution in [0.3, 0.4) is 0 Å². The maximum Gasteiger partial charge on any atom is 0.490 e. The van der Waals surface area contributed by atoms with Gasteiger partial charge in [-0.05, 0) is 110 Å². The number of phenols is 1. The highest BCUT2D eigenvalue weighted by Gasteiger charge is 2.42. The van der Waals surface area contributed by atoms with Crippen molar-refractivity contribution in [2.24, 2.45) is 17.6 Å². The molecule has 1 aliphatic rings. The Balaban J connectivity index is 0.00000207. The summed E-state index contributed by atoms with van der Waals surface area (Å²) >= 11 is 0. The molecule has 1 aliphatic heterocycles. The van der Waals surface area contributed by atoms with Crippen molar-refractivity contribution in [2.45, 2.75) is 147 Å². The van der Waals surface area contributed by atoms with Crippen molar-refractivity contribution < 1.29 is 97.6 Å². The van der Waals surface area contributed by atoms with Crippen molar-refractivity contribution in [3.8, 4) is 5.75 Å². The van der Waals surface area contributed by atoms with Crippen LogP contribution < -0.4 is 37.6 Å². The van der Waals surface area contributed by atoms with Gasteiger partial charge in [-0.25, -0.2) is 9.59 Å². The van der Waals surface area contributed by atoms with E-state index in [1.54, 1.807) is 86.8 Å². The number of hydrogen-bond acceptors (Lipinski definition) is 12. The standard InChI is InChI=1S/C60H71F6N9O10.C2HF3O2/c1-33(2)22-46(54(80)74-49(28-39-30-68-45-15-10-9-14-43(39)45)58(84)85-32-38-24-40(59(61,62)63)29-41(25-38)60(64,65)66)72-56(82)50-16-11-21-75(50)57(83)48(23-34(3)4)73-55(81)47(27-36-12-7-6-8-13-36)71-51(77)31-69-52(78)35(5)70-53(79)44(67)26-37-17-19-42(76)20-18-37;3-2(4,5)1(6)7/h6-10,12-15,17-20,24-25,29-30,33-35,44,46-50,68,76H,11,16,21-23,26-28,31-32,67H2,1-5H3,(H,69,78)(H,70,79)(H,71,77)(H,72,82)(H,73,81)(H,74,80);(H,6,7)/t35-,44+,46+,47+,48+,49+,50+;/m1./s1. The number of fused-ring (bicyclic) bond motifs is 1. The molecule has 2 heterocycles. The van der Waals surface area contributed by atoms with Crippen LogP contribution in [-0.2, 0) is 86.1 Å². The highest BCUT2D eigenvalue weighted by Crippen LogP contribution is 2.37. The average molecular weight is 1310 g/mol. The molecule has 0 aliphatic carbocycles. The quantitative estimate of drug-likeness (QED) is 0.0215. The molecule has 7 amide bonds. The van der Waals surface area contributed by atoms with Crippen LogP contribution in [0.5, 0.6) is 5.75 Å². The van der Waals surface area contributed by atoms with Gasteiger partial charge in [0.05, 0.1) is 23.7 Å². The second kappa shape index (κ2) is 32.7. The van der Waals surface area contributed by atoms with Crippen molar-refractivity contribution in [3.63, 3.8) is 0 Å². The SMILES string of the molecule is CC(C)C[C@H](NC(=O)[C@@H]1CCCN1C(=O)[C@H](CC(C)C)NC(=O)[C@H](Cc1ccccc1)NC(=O)CNC(=O)[C@@H](C)NC(=O)[C@@H](N)Cc1ccc(O)cc1)C(=O)N[C@@H](Cc1c[nH]c2ccccc12)C(=O)OCc1cc(C(F)(F)F)cc(C(F)(F)F)c1.O=C(O)C(F)(F)F. The summed E-state index contributed by atoms with van der Waals surface area (Å²) in [5.74, 6) is -9.59. The number of carbonyl (C=O) groups excluding carboxylic acids is 8. The molecule has 0 unspecified atom stereocenters. The number of halogens is 9. The number of ether oxygens (including phenoxy) is 1. The Bertz CT molecular complexity index is 3350. The lowest BCUT2D eigenvalue weighted by Crippen LogP contribution is -2.59. The van der Waals surface area contributed by atoms with Gasteiger partial charge in [0.1, 0.15) is 48.6 Å². The average Bonchev–Trinajstić information content (AvgIpc) is 1.21. The van der Waals surface area contributed by atoms with E-state index in [4.69, 9.17) is 20.4 Å². The fourth-order valence-corrected chi connectivity index (χ4v) is 9.77. The summed E-state index contributed by atoms with van der Waals surface area (Å²) in [7, 11) is 0. The Hall–Kier alpha value is -9.22. The molecule has 5 aromatic rings. The zero-order chi connectivity index (χ0) is 68.4. The number of aromatic hydroxyl groups is 1. The first kappa shape index (κ1) is 73.5. The van der Waals surface area contributed by atoms with Gasteiger partial charge in [-0.15, -0.1) is 0 Å². The molecular formula is C62H72F9N9O12. The minimum Gasteiger partial charge on any atom is -0.508 e. The van der Waals surface area contributed by atoms with Crippen LogP contribution in [0, 0.1) is 11.8 Å². The Morgan fingerprint density at radius 1 is 0.630 bits per heavy atom. The number of phenolic OH excluding ortho intramolecular Hbond substituents is 1. The predicted octanol–water partition coefficient (Wildman–Crippen LogP) is 6.29. The highest BCUT2D eigenvalue weighted by atomic mass is 19.4. The number of carboxylic acid groups (broad SMARTS) is 1. The number of benzene rings is 4. The van der Waals surface area contributed by atoms with Crippen molar-refractivity contribution in [2.75, 3.05) is 13.1 Å². The fraction of sp³-hybridized carbons (Fsp3) is 0.435. The van der Waals surface area contributed by atoms with Gasteiger partial charge in [0, 0.05) is 36.5 Å². The lowest BCUT2D eigenvalue weighted by Gasteiger charge is -2.31. The molecule has 30 heteroatoms. The van der Waals surface area contributed by atoms with E-state index in [2.05, 4.69) is 36.9 Å². The molecule has 21 nitrogen and oxygen atoms in total. The van der Waals surface area contributed by atoms with Gasteiger partial charge in [-0.1, -0.05) is 88.4 Å². The fourth-order valence-electron chi connectivity index (χ4n) is 9.77. The van der Waals surface area contributed by atoms with Crippen LogP contribution in [0.1, 0.15) is 93.7 Å². The summed E-state index contributed by atoms with van der Waals surface area (Å²) in [4.78, 5) is 124. The number of carboxylic acids is 1. The van der Waals surface area contributed by atoms with E-state index < -0.39 is 144 Å². The molecule has 11 N–H and O–H groups in total. The maximum atomic E-state index is 14.7. The van der Waals surface area contributed by atoms with Crippen LogP contribution in [0.15, 0.2) is 103 Å². The minimum atomic E-state index is -5.17. The zero-order valence-electron chi connectivity index (χ0n) is 50.5. The molecule has 7 atom stereocenters. The molecular weight excluding hydrogens is 1230 g/mol. The second-order valence-corrected chi connectivity index (χ2v) is 22.8. The van der Waals surface area contributed by atoms with Crippen molar-refractivity contribution in [3.05, 3.63) is 137 Å². The third-order valence-corrected chi connectivity index (χ3v) is 14.3. The number of nitrogens with one attached hydrogen (secondary N) is 7. The maximum absolute atomic E-state index is 14.7. The van der Waals surface area contributed by atoms with E-state index >= 15 is 0 Å². The third kappa shape index (κ3) is 22.6. The van der Waals surface area contributed by atoms with Gasteiger partial charge in [-0.2, -0.15) is 39.5 Å². The van der Waals surface area contributed by atoms with Gasteiger partial charge in [0.15, 0.2) is 0 Å². The highest BCUT2D eigenvalue weighted by molar-refractivity contribution is 5.97. The molecule has 1 saturated heterocycles. The number of alkyl halides is 9. The van der Waals surface area contributed by atoms with E-state index in [0.717, 1.165) is 0 Å². The third-order valence-electron chi connectivity index (χ3n) is 14.3. The number of nitrogens with zero attached hydrogens (tertiary/aromatic N) is 1. The number of para-hydroxylation sites is 1. The summed E-state index contributed by atoms with van der Waals surface area (Å²) < 4.78 is 119. The predicted molar refractivity (Wildman–Crippen MR) is 314 cm³/mol. The Morgan fingerprint density at radius 3 is 1.77 bits per heavy atom. The Morgan fingerprint density at radius 2 is 1.18 bits per heavy atom. The van der Waals surface area contributed by atoms with Gasteiger partial charge in [0.25, 0.3) is 0 Å². The number of likely N-dealkylation sites (tertiary alicyclic amines) is 1. The van der Waals surface area contributed by atoms with Gasteiger partial charge < -0.3 is 62.5 Å². The van der Waals surface area contributed by atoms with Crippen LogP contribution in [0.25, 0.3) is 10.9 Å². The van der Waals surface area contributed by atoms with E-state index in [1.807, 2.05) is 13.8 Å². The van der Waals surface area contributed by atoms with Crippen molar-refractivity contribution >= 4 is 64.2 Å². The lowest BCUT2D eigenvalue weighted by molar-refractivity contribution is -0.192. The minimum absolute atomic E-state index is 0.00487. The second-order valence-electron chi connectivity index (χ2n) is 22.8. The summed E-state index contributed by atoms with van der Waals surface area (Å²) in [6.45, 7) is 6.95. The molecule has 6 rings (SSSR count). The van der Waals surface area contributed by atoms with Gasteiger partial charge in [-0.3, -0.25) is 33.6 Å². The number of H-pyrrole nitrogens is 1. The summed E-state index contributed by atoms with van der Waals surface area (Å²) in [6, 6.07) is 13.6. The molecule has 0 bridgehead atoms. The number of nitrogens with two attached hydrogens (primary N) is 1. The van der Waals surface area contributed by atoms with Gasteiger partial charge in [0.2, 0.25) is 41.4 Å². The van der Waals surface area contributed by atoms with E-state index in [0.29, 0.717) is 46.1 Å².